The Morgan fingerprint density at radius 2 is 2.23 bits per heavy atom. The number of methoxy groups -OCH3 is 2. The first-order valence-corrected chi connectivity index (χ1v) is 9.88. The Morgan fingerprint density at radius 3 is 2.96 bits per heavy atom. The lowest BCUT2D eigenvalue weighted by atomic mass is 9.87. The van der Waals surface area contributed by atoms with E-state index in [0.717, 1.165) is 30.6 Å². The van der Waals surface area contributed by atoms with E-state index in [1.54, 1.807) is 25.6 Å². The van der Waals surface area contributed by atoms with Crippen LogP contribution in [-0.2, 0) is 17.7 Å². The lowest BCUT2D eigenvalue weighted by molar-refractivity contribution is 0.144. The molecule has 0 spiro atoms. The Hall–Kier alpha value is -2.05. The second-order valence-electron chi connectivity index (χ2n) is 6.51. The molecule has 1 heterocycles. The maximum absolute atomic E-state index is 12.9. The minimum Gasteiger partial charge on any atom is -0.497 e. The van der Waals surface area contributed by atoms with E-state index in [9.17, 15) is 4.79 Å². The summed E-state index contributed by atoms with van der Waals surface area (Å²) in [5, 5.41) is 7.34. The van der Waals surface area contributed by atoms with Crippen molar-refractivity contribution in [1.29, 1.82) is 0 Å². The number of carbonyl (C=O) groups excluding carboxylic acids is 1. The maximum Gasteiger partial charge on any atom is 0.318 e. The molecule has 5 nitrogen and oxygen atoms in total. The van der Waals surface area contributed by atoms with E-state index in [1.807, 2.05) is 16.3 Å². The van der Waals surface area contributed by atoms with Gasteiger partial charge >= 0.3 is 6.03 Å². The number of hydrogen-bond acceptors (Lipinski definition) is 4. The molecule has 2 aromatic rings. The van der Waals surface area contributed by atoms with Gasteiger partial charge < -0.3 is 19.7 Å². The highest BCUT2D eigenvalue weighted by Crippen LogP contribution is 2.32. The van der Waals surface area contributed by atoms with Gasteiger partial charge in [0.1, 0.15) is 5.75 Å². The van der Waals surface area contributed by atoms with Gasteiger partial charge in [-0.05, 0) is 64.9 Å². The monoisotopic (exact) mass is 374 g/mol. The fraction of sp³-hybridized carbons (Fsp3) is 0.450. The summed E-state index contributed by atoms with van der Waals surface area (Å²) < 4.78 is 10.5. The molecule has 140 valence electrons. The van der Waals surface area contributed by atoms with Crippen molar-refractivity contribution in [3.8, 4) is 5.75 Å². The Labute approximate surface area is 158 Å². The van der Waals surface area contributed by atoms with E-state index in [4.69, 9.17) is 9.47 Å². The molecule has 2 amide bonds. The van der Waals surface area contributed by atoms with Gasteiger partial charge in [0.05, 0.1) is 19.8 Å². The number of fused-ring (bicyclic) bond motifs is 1. The quantitative estimate of drug-likeness (QED) is 0.797. The summed E-state index contributed by atoms with van der Waals surface area (Å²) in [6, 6.07) is 8.20. The van der Waals surface area contributed by atoms with Crippen LogP contribution in [0.25, 0.3) is 0 Å². The van der Waals surface area contributed by atoms with Crippen LogP contribution in [0.15, 0.2) is 35.0 Å². The summed E-state index contributed by atoms with van der Waals surface area (Å²) in [5.41, 5.74) is 3.62. The summed E-state index contributed by atoms with van der Waals surface area (Å²) in [7, 11) is 3.34. The number of amides is 2. The standard InChI is InChI=1S/C20H26N2O3S/c1-24-10-9-22(13-15-8-11-26-14-15)20(23)21-19-5-3-4-16-12-17(25-2)6-7-18(16)19/h6-8,11-12,14,19H,3-5,9-10,13H2,1-2H3,(H,21,23). The lowest BCUT2D eigenvalue weighted by Gasteiger charge is -2.30. The number of ether oxygens (including phenoxy) is 2. The molecule has 0 saturated carbocycles. The average molecular weight is 375 g/mol. The molecule has 1 aromatic heterocycles. The Balaban J connectivity index is 1.71. The predicted octanol–water partition coefficient (Wildman–Crippen LogP) is 3.99. The number of hydrogen-bond donors (Lipinski definition) is 1. The van der Waals surface area contributed by atoms with E-state index < -0.39 is 0 Å². The molecule has 1 aromatic carbocycles. The smallest absolute Gasteiger partial charge is 0.318 e. The van der Waals surface area contributed by atoms with E-state index >= 15 is 0 Å². The highest BCUT2D eigenvalue weighted by Gasteiger charge is 2.24. The number of rotatable bonds is 7. The largest absolute Gasteiger partial charge is 0.497 e. The second-order valence-corrected chi connectivity index (χ2v) is 7.29. The zero-order valence-electron chi connectivity index (χ0n) is 15.4. The van der Waals surface area contributed by atoms with Gasteiger partial charge in [-0.25, -0.2) is 4.79 Å². The molecule has 0 bridgehead atoms. The third-order valence-electron chi connectivity index (χ3n) is 4.77. The topological polar surface area (TPSA) is 50.8 Å². The van der Waals surface area contributed by atoms with E-state index in [2.05, 4.69) is 28.9 Å². The van der Waals surface area contributed by atoms with Crippen LogP contribution in [0.4, 0.5) is 4.79 Å². The van der Waals surface area contributed by atoms with Gasteiger partial charge in [-0.15, -0.1) is 0 Å². The van der Waals surface area contributed by atoms with Gasteiger partial charge in [0, 0.05) is 20.2 Å². The SMILES string of the molecule is COCCN(Cc1ccsc1)C(=O)NC1CCCc2cc(OC)ccc21. The molecule has 1 atom stereocenters. The molecular formula is C20H26N2O3S. The van der Waals surface area contributed by atoms with Crippen molar-refractivity contribution in [2.45, 2.75) is 31.8 Å². The van der Waals surface area contributed by atoms with Gasteiger partial charge in [0.2, 0.25) is 0 Å². The number of nitrogens with zero attached hydrogens (tertiary/aromatic N) is 1. The molecule has 0 saturated heterocycles. The van der Waals surface area contributed by atoms with Crippen LogP contribution >= 0.6 is 11.3 Å². The number of carbonyl (C=O) groups is 1. The first-order valence-electron chi connectivity index (χ1n) is 8.93. The van der Waals surface area contributed by atoms with Gasteiger partial charge in [0.15, 0.2) is 0 Å². The zero-order chi connectivity index (χ0) is 18.4. The molecule has 1 aliphatic rings. The minimum atomic E-state index is -0.0399. The Kier molecular flexibility index (Phi) is 6.52. The van der Waals surface area contributed by atoms with Crippen LogP contribution in [0.1, 0.15) is 35.6 Å². The van der Waals surface area contributed by atoms with Crippen LogP contribution in [0.3, 0.4) is 0 Å². The predicted molar refractivity (Wildman–Crippen MR) is 104 cm³/mol. The number of thiophene rings is 1. The molecule has 6 heteroatoms. The van der Waals surface area contributed by atoms with E-state index in [1.165, 1.54) is 11.1 Å². The summed E-state index contributed by atoms with van der Waals surface area (Å²) in [6.07, 6.45) is 3.05. The summed E-state index contributed by atoms with van der Waals surface area (Å²) >= 11 is 1.65. The molecule has 0 aliphatic heterocycles. The van der Waals surface area contributed by atoms with Crippen LogP contribution in [0, 0.1) is 0 Å². The van der Waals surface area contributed by atoms with Crippen LogP contribution in [0.2, 0.25) is 0 Å². The molecule has 3 rings (SSSR count). The Bertz CT molecular complexity index is 718. The molecule has 26 heavy (non-hydrogen) atoms. The molecule has 1 N–H and O–H groups in total. The van der Waals surface area contributed by atoms with Crippen molar-refractivity contribution in [2.24, 2.45) is 0 Å². The van der Waals surface area contributed by atoms with Gasteiger partial charge in [-0.3, -0.25) is 0 Å². The van der Waals surface area contributed by atoms with Crippen molar-refractivity contribution in [3.63, 3.8) is 0 Å². The fourth-order valence-electron chi connectivity index (χ4n) is 3.36. The Morgan fingerprint density at radius 1 is 1.35 bits per heavy atom. The average Bonchev–Trinajstić information content (AvgIpc) is 3.18. The van der Waals surface area contributed by atoms with Crippen molar-refractivity contribution in [1.82, 2.24) is 10.2 Å². The van der Waals surface area contributed by atoms with Crippen molar-refractivity contribution < 1.29 is 14.3 Å². The maximum atomic E-state index is 12.9. The van der Waals surface area contributed by atoms with Crippen LogP contribution in [0.5, 0.6) is 5.75 Å². The highest BCUT2D eigenvalue weighted by molar-refractivity contribution is 7.07. The first kappa shape index (κ1) is 18.7. The second kappa shape index (κ2) is 9.05. The van der Waals surface area contributed by atoms with Crippen molar-refractivity contribution in [3.05, 3.63) is 51.7 Å². The zero-order valence-corrected chi connectivity index (χ0v) is 16.2. The normalized spacial score (nSPS) is 16.0. The first-order chi connectivity index (χ1) is 12.7. The minimum absolute atomic E-state index is 0.0399. The van der Waals surface area contributed by atoms with Crippen LogP contribution in [-0.4, -0.2) is 38.3 Å². The number of nitrogens with one attached hydrogen (secondary N) is 1. The molecular weight excluding hydrogens is 348 g/mol. The van der Waals surface area contributed by atoms with E-state index in [-0.39, 0.29) is 12.1 Å². The van der Waals surface area contributed by atoms with Gasteiger partial charge in [-0.1, -0.05) is 6.07 Å². The number of urea groups is 1. The lowest BCUT2D eigenvalue weighted by Crippen LogP contribution is -2.43. The van der Waals surface area contributed by atoms with Crippen molar-refractivity contribution in [2.75, 3.05) is 27.4 Å². The number of aryl methyl sites for hydroxylation is 1. The summed E-state index contributed by atoms with van der Waals surface area (Å²) in [4.78, 5) is 14.7. The molecule has 1 unspecified atom stereocenters. The third kappa shape index (κ3) is 4.56. The molecule has 0 fully saturated rings. The number of benzene rings is 1. The van der Waals surface area contributed by atoms with Gasteiger partial charge in [0.25, 0.3) is 0 Å². The van der Waals surface area contributed by atoms with Crippen molar-refractivity contribution >= 4 is 17.4 Å². The highest BCUT2D eigenvalue weighted by atomic mass is 32.1. The fourth-order valence-corrected chi connectivity index (χ4v) is 4.02. The van der Waals surface area contributed by atoms with E-state index in [0.29, 0.717) is 19.7 Å². The molecule has 0 radical (unpaired) electrons. The third-order valence-corrected chi connectivity index (χ3v) is 5.50. The van der Waals surface area contributed by atoms with Gasteiger partial charge in [-0.2, -0.15) is 11.3 Å². The van der Waals surface area contributed by atoms with Crippen LogP contribution < -0.4 is 10.1 Å². The molecule has 1 aliphatic carbocycles. The summed E-state index contributed by atoms with van der Waals surface area (Å²) in [5.74, 6) is 0.870. The summed E-state index contributed by atoms with van der Waals surface area (Å²) in [6.45, 7) is 1.69.